The molecule has 0 aliphatic carbocycles. The lowest BCUT2D eigenvalue weighted by Gasteiger charge is -2.20. The summed E-state index contributed by atoms with van der Waals surface area (Å²) in [6.45, 7) is 8.07. The summed E-state index contributed by atoms with van der Waals surface area (Å²) in [6, 6.07) is 5.64. The molecule has 0 spiro atoms. The maximum atomic E-state index is 12.6. The molecule has 0 fully saturated rings. The van der Waals surface area contributed by atoms with Crippen LogP contribution in [0.5, 0.6) is 0 Å². The molecule has 1 N–H and O–H groups in total. The van der Waals surface area contributed by atoms with E-state index < -0.39 is 11.7 Å². The average Bonchev–Trinajstić information content (AvgIpc) is 2.35. The highest BCUT2D eigenvalue weighted by Gasteiger charge is 2.30. The van der Waals surface area contributed by atoms with Gasteiger partial charge in [-0.15, -0.1) is 0 Å². The number of alkyl halides is 3. The van der Waals surface area contributed by atoms with E-state index in [0.29, 0.717) is 18.3 Å². The zero-order valence-electron chi connectivity index (χ0n) is 11.7. The highest BCUT2D eigenvalue weighted by molar-refractivity contribution is 5.26. The summed E-state index contributed by atoms with van der Waals surface area (Å²) in [7, 11) is 0. The van der Waals surface area contributed by atoms with Crippen LogP contribution in [0.4, 0.5) is 13.2 Å². The maximum absolute atomic E-state index is 12.6. The van der Waals surface area contributed by atoms with Crippen molar-refractivity contribution < 1.29 is 13.2 Å². The van der Waals surface area contributed by atoms with Gasteiger partial charge in [-0.3, -0.25) is 0 Å². The Bertz CT molecular complexity index is 387. The molecule has 2 atom stereocenters. The van der Waals surface area contributed by atoms with E-state index in [1.165, 1.54) is 12.1 Å². The van der Waals surface area contributed by atoms with Crippen LogP contribution in [0, 0.1) is 11.8 Å². The van der Waals surface area contributed by atoms with Gasteiger partial charge >= 0.3 is 6.18 Å². The van der Waals surface area contributed by atoms with Gasteiger partial charge in [0.1, 0.15) is 0 Å². The Morgan fingerprint density at radius 3 is 2.42 bits per heavy atom. The number of rotatable bonds is 6. The zero-order valence-corrected chi connectivity index (χ0v) is 11.7. The maximum Gasteiger partial charge on any atom is 0.416 e. The minimum Gasteiger partial charge on any atom is -0.317 e. The lowest BCUT2D eigenvalue weighted by molar-refractivity contribution is -0.137. The Kier molecular flexibility index (Phi) is 5.85. The topological polar surface area (TPSA) is 12.0 Å². The first-order valence-electron chi connectivity index (χ1n) is 6.71. The van der Waals surface area contributed by atoms with Crippen LogP contribution in [0.1, 0.15) is 31.9 Å². The fourth-order valence-corrected chi connectivity index (χ4v) is 2.02. The van der Waals surface area contributed by atoms with Gasteiger partial charge in [-0.1, -0.05) is 39.0 Å². The highest BCUT2D eigenvalue weighted by atomic mass is 19.4. The monoisotopic (exact) mass is 273 g/mol. The zero-order chi connectivity index (χ0) is 14.5. The Morgan fingerprint density at radius 1 is 1.16 bits per heavy atom. The molecule has 1 nitrogen and oxygen atoms in total. The third kappa shape index (κ3) is 5.23. The van der Waals surface area contributed by atoms with Crippen LogP contribution in [0.25, 0.3) is 0 Å². The Morgan fingerprint density at radius 2 is 1.84 bits per heavy atom. The molecule has 1 aromatic carbocycles. The van der Waals surface area contributed by atoms with E-state index >= 15 is 0 Å². The van der Waals surface area contributed by atoms with Crippen LogP contribution in [0.2, 0.25) is 0 Å². The number of benzene rings is 1. The number of hydrogen-bond donors (Lipinski definition) is 1. The Balaban J connectivity index is 2.66. The van der Waals surface area contributed by atoms with Crippen molar-refractivity contribution in [3.05, 3.63) is 35.4 Å². The van der Waals surface area contributed by atoms with Crippen LogP contribution in [-0.2, 0) is 12.6 Å². The van der Waals surface area contributed by atoms with E-state index in [1.54, 1.807) is 6.07 Å². The predicted octanol–water partition coefficient (Wildman–Crippen LogP) is 4.13. The van der Waals surface area contributed by atoms with Gasteiger partial charge in [0.05, 0.1) is 5.56 Å². The molecule has 0 bridgehead atoms. The second kappa shape index (κ2) is 6.94. The third-order valence-electron chi connectivity index (χ3n) is 3.50. The van der Waals surface area contributed by atoms with Crippen molar-refractivity contribution in [3.63, 3.8) is 0 Å². The van der Waals surface area contributed by atoms with Crippen LogP contribution >= 0.6 is 0 Å². The molecule has 108 valence electrons. The van der Waals surface area contributed by atoms with Gasteiger partial charge < -0.3 is 5.32 Å². The first-order valence-corrected chi connectivity index (χ1v) is 6.71. The fraction of sp³-hybridized carbons (Fsp3) is 0.600. The minimum absolute atomic E-state index is 0.350. The molecular formula is C15H22F3N. The lowest BCUT2D eigenvalue weighted by atomic mass is 9.89. The second-order valence-electron chi connectivity index (χ2n) is 5.16. The number of nitrogens with one attached hydrogen (secondary N) is 1. The largest absolute Gasteiger partial charge is 0.416 e. The van der Waals surface area contributed by atoms with E-state index in [9.17, 15) is 13.2 Å². The molecule has 0 amide bonds. The molecule has 0 aliphatic heterocycles. The van der Waals surface area contributed by atoms with Gasteiger partial charge in [-0.25, -0.2) is 0 Å². The van der Waals surface area contributed by atoms with Gasteiger partial charge in [-0.2, -0.15) is 13.2 Å². The van der Waals surface area contributed by atoms with Gasteiger partial charge in [0, 0.05) is 0 Å². The van der Waals surface area contributed by atoms with Crippen molar-refractivity contribution in [2.45, 2.75) is 33.4 Å². The van der Waals surface area contributed by atoms with Crippen molar-refractivity contribution >= 4 is 0 Å². The molecule has 0 aromatic heterocycles. The summed E-state index contributed by atoms with van der Waals surface area (Å²) in [4.78, 5) is 0. The molecule has 19 heavy (non-hydrogen) atoms. The standard InChI is InChI=1S/C15H22F3N/c1-4-19-10-12(3)11(2)8-13-6-5-7-14(9-13)15(16,17)18/h5-7,9,11-12,19H,4,8,10H2,1-3H3. The molecule has 0 heterocycles. The average molecular weight is 273 g/mol. The van der Waals surface area contributed by atoms with Gasteiger partial charge in [0.25, 0.3) is 0 Å². The highest BCUT2D eigenvalue weighted by Crippen LogP contribution is 2.30. The lowest BCUT2D eigenvalue weighted by Crippen LogP contribution is -2.25. The Labute approximate surface area is 113 Å². The van der Waals surface area contributed by atoms with E-state index in [0.717, 1.165) is 24.7 Å². The van der Waals surface area contributed by atoms with E-state index in [2.05, 4.69) is 19.2 Å². The summed E-state index contributed by atoms with van der Waals surface area (Å²) in [5, 5.41) is 3.27. The van der Waals surface area contributed by atoms with E-state index in [4.69, 9.17) is 0 Å². The van der Waals surface area contributed by atoms with Gasteiger partial charge in [0.15, 0.2) is 0 Å². The molecule has 4 heteroatoms. The van der Waals surface area contributed by atoms with Crippen LogP contribution in [0.3, 0.4) is 0 Å². The van der Waals surface area contributed by atoms with Crippen LogP contribution < -0.4 is 5.32 Å². The predicted molar refractivity (Wildman–Crippen MR) is 72.0 cm³/mol. The molecular weight excluding hydrogens is 251 g/mol. The van der Waals surface area contributed by atoms with E-state index in [1.807, 2.05) is 6.92 Å². The molecule has 0 aliphatic rings. The van der Waals surface area contributed by atoms with E-state index in [-0.39, 0.29) is 0 Å². The Hall–Kier alpha value is -1.03. The quantitative estimate of drug-likeness (QED) is 0.821. The van der Waals surface area contributed by atoms with Gasteiger partial charge in [0.2, 0.25) is 0 Å². The second-order valence-corrected chi connectivity index (χ2v) is 5.16. The van der Waals surface area contributed by atoms with Crippen molar-refractivity contribution in [2.75, 3.05) is 13.1 Å². The summed E-state index contributed by atoms with van der Waals surface area (Å²) >= 11 is 0. The van der Waals surface area contributed by atoms with Crippen molar-refractivity contribution in [2.24, 2.45) is 11.8 Å². The number of halogens is 3. The smallest absolute Gasteiger partial charge is 0.317 e. The van der Waals surface area contributed by atoms with Crippen molar-refractivity contribution in [3.8, 4) is 0 Å². The molecule has 0 saturated heterocycles. The number of hydrogen-bond acceptors (Lipinski definition) is 1. The normalized spacial score (nSPS) is 15.3. The summed E-state index contributed by atoms with van der Waals surface area (Å²) in [5.41, 5.74) is 0.196. The first kappa shape index (κ1) is 16.0. The summed E-state index contributed by atoms with van der Waals surface area (Å²) in [5.74, 6) is 0.789. The molecule has 0 radical (unpaired) electrons. The van der Waals surface area contributed by atoms with Crippen molar-refractivity contribution in [1.82, 2.24) is 5.32 Å². The molecule has 1 rings (SSSR count). The van der Waals surface area contributed by atoms with Gasteiger partial charge in [-0.05, 0) is 43.0 Å². The van der Waals surface area contributed by atoms with Crippen molar-refractivity contribution in [1.29, 1.82) is 0 Å². The minimum atomic E-state index is -4.26. The third-order valence-corrected chi connectivity index (χ3v) is 3.50. The summed E-state index contributed by atoms with van der Waals surface area (Å²) in [6.07, 6.45) is -3.58. The van der Waals surface area contributed by atoms with Crippen LogP contribution in [0.15, 0.2) is 24.3 Å². The fourth-order valence-electron chi connectivity index (χ4n) is 2.02. The molecule has 0 saturated carbocycles. The van der Waals surface area contributed by atoms with Crippen LogP contribution in [-0.4, -0.2) is 13.1 Å². The molecule has 2 unspecified atom stereocenters. The molecule has 1 aromatic rings. The summed E-state index contributed by atoms with van der Waals surface area (Å²) < 4.78 is 37.9. The first-order chi connectivity index (χ1) is 8.84. The SMILES string of the molecule is CCNCC(C)C(C)Cc1cccc(C(F)(F)F)c1.